The van der Waals surface area contributed by atoms with Gasteiger partial charge >= 0.3 is 0 Å². The highest BCUT2D eigenvalue weighted by Crippen LogP contribution is 2.20. The minimum atomic E-state index is 0.0952. The number of aromatic nitrogens is 2. The van der Waals surface area contributed by atoms with Gasteiger partial charge < -0.3 is 4.57 Å². The minimum Gasteiger partial charge on any atom is -0.332 e. The predicted molar refractivity (Wildman–Crippen MR) is 60.1 cm³/mol. The summed E-state index contributed by atoms with van der Waals surface area (Å²) in [7, 11) is 0. The number of pyridine rings is 1. The lowest BCUT2D eigenvalue weighted by Gasteiger charge is -1.99. The summed E-state index contributed by atoms with van der Waals surface area (Å²) in [5.74, 6) is 0.0952. The largest absolute Gasteiger partial charge is 0.332 e. The van der Waals surface area contributed by atoms with Crippen LogP contribution < -0.4 is 0 Å². The van der Waals surface area contributed by atoms with Gasteiger partial charge in [-0.25, -0.2) is 4.98 Å². The number of nitrogens with zero attached hydrogens (tertiary/aromatic N) is 2. The highest BCUT2D eigenvalue weighted by molar-refractivity contribution is 6.06. The Labute approximate surface area is 88.7 Å². The standard InChI is InChI=1S/C12H14N2O/c1-4-14-7-11(9(3)15)10-6-5-8(2)13-12(10)14/h5-7H,4H2,1-3H3. The van der Waals surface area contributed by atoms with Gasteiger partial charge in [0.05, 0.1) is 0 Å². The average molecular weight is 202 g/mol. The number of hydrogen-bond donors (Lipinski definition) is 0. The van der Waals surface area contributed by atoms with Crippen molar-refractivity contribution in [2.45, 2.75) is 27.3 Å². The molecular formula is C12H14N2O. The highest BCUT2D eigenvalue weighted by Gasteiger charge is 2.11. The lowest BCUT2D eigenvalue weighted by atomic mass is 10.1. The summed E-state index contributed by atoms with van der Waals surface area (Å²) in [6.07, 6.45) is 1.89. The number of Topliss-reactive ketones (excluding diaryl/α,β-unsaturated/α-hetero) is 1. The molecule has 2 aromatic heterocycles. The van der Waals surface area contributed by atoms with Crippen molar-refractivity contribution in [3.63, 3.8) is 0 Å². The van der Waals surface area contributed by atoms with E-state index in [-0.39, 0.29) is 5.78 Å². The molecule has 0 amide bonds. The summed E-state index contributed by atoms with van der Waals surface area (Å²) in [5.41, 5.74) is 2.65. The fourth-order valence-electron chi connectivity index (χ4n) is 1.78. The molecule has 0 spiro atoms. The van der Waals surface area contributed by atoms with E-state index in [0.717, 1.165) is 28.8 Å². The van der Waals surface area contributed by atoms with Crippen molar-refractivity contribution in [1.29, 1.82) is 0 Å². The van der Waals surface area contributed by atoms with E-state index in [2.05, 4.69) is 4.98 Å². The summed E-state index contributed by atoms with van der Waals surface area (Å²) in [6, 6.07) is 3.91. The maximum absolute atomic E-state index is 11.4. The molecule has 0 aliphatic carbocycles. The van der Waals surface area contributed by atoms with Gasteiger partial charge in [-0.3, -0.25) is 4.79 Å². The average Bonchev–Trinajstić information content (AvgIpc) is 2.55. The molecule has 0 atom stereocenters. The molecule has 2 rings (SSSR count). The Bertz CT molecular complexity index is 526. The van der Waals surface area contributed by atoms with Gasteiger partial charge in [-0.15, -0.1) is 0 Å². The van der Waals surface area contributed by atoms with Gasteiger partial charge in [0.15, 0.2) is 5.78 Å². The van der Waals surface area contributed by atoms with Crippen LogP contribution in [-0.4, -0.2) is 15.3 Å². The van der Waals surface area contributed by atoms with Crippen molar-refractivity contribution in [3.05, 3.63) is 29.6 Å². The zero-order valence-corrected chi connectivity index (χ0v) is 9.24. The topological polar surface area (TPSA) is 34.9 Å². The fourth-order valence-corrected chi connectivity index (χ4v) is 1.78. The van der Waals surface area contributed by atoms with E-state index < -0.39 is 0 Å². The predicted octanol–water partition coefficient (Wildman–Crippen LogP) is 2.57. The maximum Gasteiger partial charge on any atom is 0.162 e. The molecule has 0 saturated carbocycles. The first kappa shape index (κ1) is 9.90. The number of carbonyl (C=O) groups excluding carboxylic acids is 1. The molecule has 0 bridgehead atoms. The van der Waals surface area contributed by atoms with E-state index in [1.54, 1.807) is 6.92 Å². The fraction of sp³-hybridized carbons (Fsp3) is 0.333. The van der Waals surface area contributed by atoms with Crippen molar-refractivity contribution in [2.24, 2.45) is 0 Å². The molecule has 0 aromatic carbocycles. The van der Waals surface area contributed by atoms with E-state index in [1.807, 2.05) is 36.7 Å². The lowest BCUT2D eigenvalue weighted by molar-refractivity contribution is 0.101. The van der Waals surface area contributed by atoms with Crippen molar-refractivity contribution in [1.82, 2.24) is 9.55 Å². The molecule has 78 valence electrons. The smallest absolute Gasteiger partial charge is 0.162 e. The van der Waals surface area contributed by atoms with E-state index >= 15 is 0 Å². The molecule has 0 N–H and O–H groups in total. The van der Waals surface area contributed by atoms with E-state index in [4.69, 9.17) is 0 Å². The SMILES string of the molecule is CCn1cc(C(C)=O)c2ccc(C)nc21. The van der Waals surface area contributed by atoms with Crippen LogP contribution in [0.1, 0.15) is 29.9 Å². The second-order valence-electron chi connectivity index (χ2n) is 3.71. The molecule has 2 aromatic rings. The van der Waals surface area contributed by atoms with Gasteiger partial charge in [-0.05, 0) is 32.9 Å². The molecule has 3 heteroatoms. The zero-order valence-electron chi connectivity index (χ0n) is 9.24. The first-order valence-electron chi connectivity index (χ1n) is 5.11. The Hall–Kier alpha value is -1.64. The van der Waals surface area contributed by atoms with Crippen molar-refractivity contribution >= 4 is 16.8 Å². The van der Waals surface area contributed by atoms with Crippen molar-refractivity contribution in [2.75, 3.05) is 0 Å². The third-order valence-corrected chi connectivity index (χ3v) is 2.58. The Morgan fingerprint density at radius 2 is 2.20 bits per heavy atom. The van der Waals surface area contributed by atoms with E-state index in [9.17, 15) is 4.79 Å². The van der Waals surface area contributed by atoms with Crippen LogP contribution in [0.15, 0.2) is 18.3 Å². The van der Waals surface area contributed by atoms with Crippen LogP contribution in [0.4, 0.5) is 0 Å². The monoisotopic (exact) mass is 202 g/mol. The highest BCUT2D eigenvalue weighted by atomic mass is 16.1. The van der Waals surface area contributed by atoms with Gasteiger partial charge in [0, 0.05) is 29.4 Å². The number of aryl methyl sites for hydroxylation is 2. The second-order valence-corrected chi connectivity index (χ2v) is 3.71. The Kier molecular flexibility index (Phi) is 2.31. The molecule has 15 heavy (non-hydrogen) atoms. The number of rotatable bonds is 2. The van der Waals surface area contributed by atoms with Crippen LogP contribution in [0.2, 0.25) is 0 Å². The van der Waals surface area contributed by atoms with Crippen LogP contribution in [0.3, 0.4) is 0 Å². The van der Waals surface area contributed by atoms with Crippen LogP contribution in [0.25, 0.3) is 11.0 Å². The van der Waals surface area contributed by atoms with Gasteiger partial charge in [0.2, 0.25) is 0 Å². The van der Waals surface area contributed by atoms with Gasteiger partial charge in [-0.1, -0.05) is 0 Å². The first-order valence-corrected chi connectivity index (χ1v) is 5.11. The molecule has 0 fully saturated rings. The van der Waals surface area contributed by atoms with Gasteiger partial charge in [0.25, 0.3) is 0 Å². The normalized spacial score (nSPS) is 10.9. The molecule has 0 radical (unpaired) electrons. The molecule has 0 aliphatic rings. The molecule has 0 unspecified atom stereocenters. The number of ketones is 1. The second kappa shape index (κ2) is 3.50. The van der Waals surface area contributed by atoms with E-state index in [1.165, 1.54) is 0 Å². The third-order valence-electron chi connectivity index (χ3n) is 2.58. The van der Waals surface area contributed by atoms with Crippen LogP contribution in [0, 0.1) is 6.92 Å². The Balaban J connectivity index is 2.81. The maximum atomic E-state index is 11.4. The molecule has 0 saturated heterocycles. The molecule has 0 aliphatic heterocycles. The van der Waals surface area contributed by atoms with Gasteiger partial charge in [-0.2, -0.15) is 0 Å². The number of carbonyl (C=O) groups is 1. The minimum absolute atomic E-state index is 0.0952. The first-order chi connectivity index (χ1) is 7.13. The van der Waals surface area contributed by atoms with Gasteiger partial charge in [0.1, 0.15) is 5.65 Å². The van der Waals surface area contributed by atoms with E-state index in [0.29, 0.717) is 0 Å². The number of fused-ring (bicyclic) bond motifs is 1. The summed E-state index contributed by atoms with van der Waals surface area (Å²) in [4.78, 5) is 15.9. The molecule has 2 heterocycles. The summed E-state index contributed by atoms with van der Waals surface area (Å²) >= 11 is 0. The number of hydrogen-bond acceptors (Lipinski definition) is 2. The van der Waals surface area contributed by atoms with Crippen LogP contribution >= 0.6 is 0 Å². The lowest BCUT2D eigenvalue weighted by Crippen LogP contribution is -1.93. The van der Waals surface area contributed by atoms with Crippen LogP contribution in [-0.2, 0) is 6.54 Å². The molecular weight excluding hydrogens is 188 g/mol. The quantitative estimate of drug-likeness (QED) is 0.701. The van der Waals surface area contributed by atoms with Crippen molar-refractivity contribution in [3.8, 4) is 0 Å². The zero-order chi connectivity index (χ0) is 11.0. The summed E-state index contributed by atoms with van der Waals surface area (Å²) < 4.78 is 2.01. The summed E-state index contributed by atoms with van der Waals surface area (Å²) in [5, 5.41) is 0.954. The van der Waals surface area contributed by atoms with Crippen LogP contribution in [0.5, 0.6) is 0 Å². The Morgan fingerprint density at radius 1 is 1.47 bits per heavy atom. The van der Waals surface area contributed by atoms with Crippen molar-refractivity contribution < 1.29 is 4.79 Å². The molecule has 3 nitrogen and oxygen atoms in total. The summed E-state index contributed by atoms with van der Waals surface area (Å²) in [6.45, 7) is 6.43. The third kappa shape index (κ3) is 1.54. The Morgan fingerprint density at radius 3 is 2.80 bits per heavy atom.